The maximum atomic E-state index is 12.4. The van der Waals surface area contributed by atoms with Crippen LogP contribution in [-0.2, 0) is 11.2 Å². The Hall–Kier alpha value is -2.25. The predicted molar refractivity (Wildman–Crippen MR) is 109 cm³/mol. The predicted octanol–water partition coefficient (Wildman–Crippen LogP) is 5.49. The first-order valence-corrected chi connectivity index (χ1v) is 10.5. The van der Waals surface area contributed by atoms with Crippen LogP contribution in [0.15, 0.2) is 55.8 Å². The van der Waals surface area contributed by atoms with Crippen molar-refractivity contribution >= 4 is 51.5 Å². The van der Waals surface area contributed by atoms with Crippen molar-refractivity contribution in [3.8, 4) is 0 Å². The molecule has 0 unspecified atom stereocenters. The Labute approximate surface area is 165 Å². The monoisotopic (exact) mass is 398 g/mol. The molecule has 27 heavy (non-hydrogen) atoms. The van der Waals surface area contributed by atoms with Crippen LogP contribution in [0.25, 0.3) is 6.08 Å². The molecule has 7 heteroatoms. The summed E-state index contributed by atoms with van der Waals surface area (Å²) in [6, 6.07) is 11.8. The van der Waals surface area contributed by atoms with Crippen molar-refractivity contribution < 1.29 is 14.0 Å². The van der Waals surface area contributed by atoms with Gasteiger partial charge in [-0.15, -0.1) is 0 Å². The maximum absolute atomic E-state index is 12.4. The fourth-order valence-electron chi connectivity index (χ4n) is 2.89. The molecule has 0 saturated carbocycles. The van der Waals surface area contributed by atoms with Gasteiger partial charge in [0.05, 0.1) is 15.6 Å². The Morgan fingerprint density at radius 3 is 2.93 bits per heavy atom. The van der Waals surface area contributed by atoms with E-state index in [-0.39, 0.29) is 11.1 Å². The minimum atomic E-state index is -0.236. The zero-order chi connectivity index (χ0) is 18.8. The van der Waals surface area contributed by atoms with Crippen LogP contribution < -0.4 is 0 Å². The number of fused-ring (bicyclic) bond motifs is 1. The second kappa shape index (κ2) is 7.78. The number of carbonyl (C=O) groups is 2. The van der Waals surface area contributed by atoms with E-state index in [1.165, 1.54) is 22.2 Å². The van der Waals surface area contributed by atoms with Crippen molar-refractivity contribution in [2.75, 3.05) is 6.54 Å². The number of furan rings is 1. The highest BCUT2D eigenvalue weighted by molar-refractivity contribution is 8.18. The maximum Gasteiger partial charge on any atom is 0.293 e. The molecule has 1 saturated heterocycles. The molecule has 3 heterocycles. The van der Waals surface area contributed by atoms with E-state index in [1.807, 2.05) is 37.3 Å². The number of benzene rings is 1. The van der Waals surface area contributed by atoms with Gasteiger partial charge in [-0.25, -0.2) is 4.99 Å². The lowest BCUT2D eigenvalue weighted by Crippen LogP contribution is -2.29. The topological polar surface area (TPSA) is 62.9 Å². The SMILES string of the molecule is CCCCN1C(=O)S/C(=C\c2ccc(SC3=Nc4ccccc4C3)o2)C1=O. The molecular formula is C20H18N2O3S2. The van der Waals surface area contributed by atoms with Crippen LogP contribution >= 0.6 is 23.5 Å². The zero-order valence-electron chi connectivity index (χ0n) is 14.8. The number of thioether (sulfide) groups is 2. The summed E-state index contributed by atoms with van der Waals surface area (Å²) >= 11 is 2.45. The molecule has 0 spiro atoms. The molecule has 2 aromatic rings. The molecule has 0 atom stereocenters. The van der Waals surface area contributed by atoms with E-state index in [1.54, 1.807) is 6.08 Å². The van der Waals surface area contributed by atoms with E-state index >= 15 is 0 Å². The van der Waals surface area contributed by atoms with Gasteiger partial charge in [0.2, 0.25) is 0 Å². The van der Waals surface area contributed by atoms with Gasteiger partial charge < -0.3 is 4.42 Å². The average Bonchev–Trinajstić information content (AvgIpc) is 3.33. The van der Waals surface area contributed by atoms with Crippen molar-refractivity contribution in [2.45, 2.75) is 31.3 Å². The van der Waals surface area contributed by atoms with Gasteiger partial charge in [-0.3, -0.25) is 14.5 Å². The van der Waals surface area contributed by atoms with E-state index in [0.29, 0.717) is 17.2 Å². The molecule has 1 fully saturated rings. The first-order chi connectivity index (χ1) is 13.1. The molecule has 1 aromatic heterocycles. The summed E-state index contributed by atoms with van der Waals surface area (Å²) in [4.78, 5) is 30.7. The number of hydrogen-bond acceptors (Lipinski definition) is 6. The molecule has 0 radical (unpaired) electrons. The van der Waals surface area contributed by atoms with E-state index < -0.39 is 0 Å². The Morgan fingerprint density at radius 2 is 2.11 bits per heavy atom. The van der Waals surface area contributed by atoms with Gasteiger partial charge in [-0.2, -0.15) is 0 Å². The lowest BCUT2D eigenvalue weighted by atomic mass is 10.2. The van der Waals surface area contributed by atoms with Gasteiger partial charge in [0.15, 0.2) is 5.09 Å². The molecular weight excluding hydrogens is 380 g/mol. The quantitative estimate of drug-likeness (QED) is 0.623. The third kappa shape index (κ3) is 3.89. The van der Waals surface area contributed by atoms with Crippen LogP contribution in [0.1, 0.15) is 31.1 Å². The number of carbonyl (C=O) groups excluding carboxylic acids is 2. The number of imide groups is 1. The lowest BCUT2D eigenvalue weighted by Gasteiger charge is -2.10. The highest BCUT2D eigenvalue weighted by Crippen LogP contribution is 2.35. The van der Waals surface area contributed by atoms with Gasteiger partial charge >= 0.3 is 0 Å². The molecule has 138 valence electrons. The standard InChI is InChI=1S/C20H18N2O3S2/c1-2-3-10-22-19(23)16(26-20(22)24)12-14-8-9-18(25-14)27-17-11-13-6-4-5-7-15(13)21-17/h4-9,12H,2-3,10-11H2,1H3/b16-12-. The van der Waals surface area contributed by atoms with Gasteiger partial charge in [-0.05, 0) is 53.7 Å². The Morgan fingerprint density at radius 1 is 1.26 bits per heavy atom. The van der Waals surface area contributed by atoms with Crippen LogP contribution in [0.5, 0.6) is 0 Å². The third-order valence-electron chi connectivity index (χ3n) is 4.28. The van der Waals surface area contributed by atoms with E-state index in [2.05, 4.69) is 11.1 Å². The van der Waals surface area contributed by atoms with Crippen molar-refractivity contribution in [3.05, 3.63) is 52.6 Å². The Bertz CT molecular complexity index is 962. The molecule has 2 aliphatic rings. The largest absolute Gasteiger partial charge is 0.450 e. The van der Waals surface area contributed by atoms with Crippen molar-refractivity contribution in [3.63, 3.8) is 0 Å². The summed E-state index contributed by atoms with van der Waals surface area (Å²) in [7, 11) is 0. The van der Waals surface area contributed by atoms with Crippen LogP contribution in [0.3, 0.4) is 0 Å². The molecule has 1 aromatic carbocycles. The van der Waals surface area contributed by atoms with Crippen molar-refractivity contribution in [1.29, 1.82) is 0 Å². The summed E-state index contributed by atoms with van der Waals surface area (Å²) in [5, 5.41) is 1.49. The summed E-state index contributed by atoms with van der Waals surface area (Å²) < 4.78 is 5.82. The number of aliphatic imine (C=N–C) groups is 1. The number of nitrogens with zero attached hydrogens (tertiary/aromatic N) is 2. The normalized spacial score (nSPS) is 17.7. The molecule has 0 bridgehead atoms. The third-order valence-corrected chi connectivity index (χ3v) is 6.08. The summed E-state index contributed by atoms with van der Waals surface area (Å²) in [6.45, 7) is 2.50. The first kappa shape index (κ1) is 18.1. The van der Waals surface area contributed by atoms with Crippen molar-refractivity contribution in [2.24, 2.45) is 4.99 Å². The Kier molecular flexibility index (Phi) is 5.22. The summed E-state index contributed by atoms with van der Waals surface area (Å²) in [5.41, 5.74) is 2.22. The minimum Gasteiger partial charge on any atom is -0.450 e. The second-order valence-corrected chi connectivity index (χ2v) is 8.33. The number of hydrogen-bond donors (Lipinski definition) is 0. The van der Waals surface area contributed by atoms with Crippen LogP contribution in [0.2, 0.25) is 0 Å². The zero-order valence-corrected chi connectivity index (χ0v) is 16.4. The van der Waals surface area contributed by atoms with Crippen LogP contribution in [-0.4, -0.2) is 27.6 Å². The second-order valence-electron chi connectivity index (χ2n) is 6.26. The number of para-hydroxylation sites is 1. The highest BCUT2D eigenvalue weighted by Gasteiger charge is 2.34. The van der Waals surface area contributed by atoms with Crippen molar-refractivity contribution in [1.82, 2.24) is 4.90 Å². The van der Waals surface area contributed by atoms with Gasteiger partial charge in [0, 0.05) is 19.0 Å². The fraction of sp³-hybridized carbons (Fsp3) is 0.250. The number of rotatable bonds is 5. The lowest BCUT2D eigenvalue weighted by molar-refractivity contribution is -0.122. The summed E-state index contributed by atoms with van der Waals surface area (Å²) in [5.74, 6) is 0.328. The molecule has 4 rings (SSSR count). The van der Waals surface area contributed by atoms with E-state index in [0.717, 1.165) is 46.8 Å². The smallest absolute Gasteiger partial charge is 0.293 e. The van der Waals surface area contributed by atoms with E-state index in [4.69, 9.17) is 4.42 Å². The highest BCUT2D eigenvalue weighted by atomic mass is 32.2. The van der Waals surface area contributed by atoms with Gasteiger partial charge in [-0.1, -0.05) is 31.5 Å². The van der Waals surface area contributed by atoms with Gasteiger partial charge in [0.25, 0.3) is 11.1 Å². The van der Waals surface area contributed by atoms with Crippen LogP contribution in [0, 0.1) is 0 Å². The van der Waals surface area contributed by atoms with E-state index in [9.17, 15) is 9.59 Å². The average molecular weight is 399 g/mol. The summed E-state index contributed by atoms with van der Waals surface area (Å²) in [6.07, 6.45) is 4.20. The molecule has 0 N–H and O–H groups in total. The van der Waals surface area contributed by atoms with Crippen LogP contribution in [0.4, 0.5) is 10.5 Å². The van der Waals surface area contributed by atoms with Gasteiger partial charge in [0.1, 0.15) is 5.76 Å². The fourth-order valence-corrected chi connectivity index (χ4v) is 4.61. The molecule has 5 nitrogen and oxygen atoms in total. The number of unbranched alkanes of at least 4 members (excludes halogenated alkanes) is 1. The molecule has 0 aliphatic carbocycles. The first-order valence-electron chi connectivity index (χ1n) is 8.82. The molecule has 2 aliphatic heterocycles. The minimum absolute atomic E-state index is 0.209. The Balaban J connectivity index is 1.44. The molecule has 2 amide bonds. The number of amides is 2.